The first-order chi connectivity index (χ1) is 9.78. The van der Waals surface area contributed by atoms with Gasteiger partial charge in [-0.25, -0.2) is 4.79 Å². The molecule has 0 amide bonds. The van der Waals surface area contributed by atoms with Crippen LogP contribution in [0.5, 0.6) is 11.5 Å². The second kappa shape index (κ2) is 5.21. The summed E-state index contributed by atoms with van der Waals surface area (Å²) in [7, 11) is 0. The first-order valence-electron chi connectivity index (χ1n) is 6.30. The van der Waals surface area contributed by atoms with Crippen LogP contribution in [-0.2, 0) is 4.74 Å². The second-order valence-electron chi connectivity index (χ2n) is 4.25. The van der Waals surface area contributed by atoms with Crippen molar-refractivity contribution in [3.63, 3.8) is 0 Å². The van der Waals surface area contributed by atoms with E-state index < -0.39 is 0 Å². The molecule has 0 aliphatic carbocycles. The van der Waals surface area contributed by atoms with Gasteiger partial charge in [-0.3, -0.25) is 4.98 Å². The summed E-state index contributed by atoms with van der Waals surface area (Å²) in [6.45, 7) is 2.35. The SMILES string of the molecule is CCOC(=O)c1cncc(-c2ccc3c(c2)OCO3)c1. The molecule has 2 heterocycles. The van der Waals surface area contributed by atoms with Gasteiger partial charge in [0.05, 0.1) is 12.2 Å². The fourth-order valence-electron chi connectivity index (χ4n) is 2.00. The highest BCUT2D eigenvalue weighted by atomic mass is 16.7. The highest BCUT2D eigenvalue weighted by Crippen LogP contribution is 2.35. The molecule has 1 aromatic carbocycles. The zero-order valence-electron chi connectivity index (χ0n) is 11.0. The third kappa shape index (κ3) is 2.30. The van der Waals surface area contributed by atoms with E-state index in [1.165, 1.54) is 6.20 Å². The van der Waals surface area contributed by atoms with E-state index in [1.807, 2.05) is 18.2 Å². The van der Waals surface area contributed by atoms with Gasteiger partial charge in [0.15, 0.2) is 11.5 Å². The number of fused-ring (bicyclic) bond motifs is 1. The van der Waals surface area contributed by atoms with Gasteiger partial charge in [-0.1, -0.05) is 6.07 Å². The van der Waals surface area contributed by atoms with Crippen molar-refractivity contribution in [2.24, 2.45) is 0 Å². The molecular formula is C15H13NO4. The highest BCUT2D eigenvalue weighted by molar-refractivity contribution is 5.90. The average Bonchev–Trinajstić information content (AvgIpc) is 2.95. The predicted octanol–water partition coefficient (Wildman–Crippen LogP) is 2.65. The zero-order chi connectivity index (χ0) is 13.9. The molecule has 5 heteroatoms. The molecule has 102 valence electrons. The van der Waals surface area contributed by atoms with Crippen molar-refractivity contribution in [3.05, 3.63) is 42.2 Å². The Kier molecular flexibility index (Phi) is 3.25. The number of pyridine rings is 1. The van der Waals surface area contributed by atoms with E-state index in [9.17, 15) is 4.79 Å². The number of rotatable bonds is 3. The van der Waals surface area contributed by atoms with Crippen LogP contribution in [0.15, 0.2) is 36.7 Å². The summed E-state index contributed by atoms with van der Waals surface area (Å²) in [4.78, 5) is 15.8. The number of benzene rings is 1. The summed E-state index contributed by atoms with van der Waals surface area (Å²) in [6, 6.07) is 7.37. The van der Waals surface area contributed by atoms with Crippen LogP contribution in [0.25, 0.3) is 11.1 Å². The number of hydrogen-bond donors (Lipinski definition) is 0. The molecule has 5 nitrogen and oxygen atoms in total. The summed E-state index contributed by atoms with van der Waals surface area (Å²) in [5.74, 6) is 1.05. The normalized spacial score (nSPS) is 12.2. The Morgan fingerprint density at radius 2 is 2.05 bits per heavy atom. The molecule has 0 atom stereocenters. The van der Waals surface area contributed by atoms with Gasteiger partial charge in [-0.15, -0.1) is 0 Å². The molecule has 0 saturated heterocycles. The quantitative estimate of drug-likeness (QED) is 0.803. The van der Waals surface area contributed by atoms with Crippen LogP contribution in [0.4, 0.5) is 0 Å². The number of ether oxygens (including phenoxy) is 3. The molecule has 0 bridgehead atoms. The first kappa shape index (κ1) is 12.5. The monoisotopic (exact) mass is 271 g/mol. The van der Waals surface area contributed by atoms with Crippen molar-refractivity contribution in [1.82, 2.24) is 4.98 Å². The van der Waals surface area contributed by atoms with Gasteiger partial charge >= 0.3 is 5.97 Å². The zero-order valence-corrected chi connectivity index (χ0v) is 11.0. The Balaban J connectivity index is 1.94. The highest BCUT2D eigenvalue weighted by Gasteiger charge is 2.15. The first-order valence-corrected chi connectivity index (χ1v) is 6.30. The van der Waals surface area contributed by atoms with E-state index in [0.29, 0.717) is 17.9 Å². The summed E-state index contributed by atoms with van der Waals surface area (Å²) in [5, 5.41) is 0. The molecule has 0 saturated carbocycles. The third-order valence-electron chi connectivity index (χ3n) is 2.96. The Morgan fingerprint density at radius 3 is 2.90 bits per heavy atom. The molecule has 0 radical (unpaired) electrons. The van der Waals surface area contributed by atoms with Gasteiger partial charge in [0.25, 0.3) is 0 Å². The van der Waals surface area contributed by atoms with Crippen molar-refractivity contribution in [2.45, 2.75) is 6.92 Å². The number of hydrogen-bond acceptors (Lipinski definition) is 5. The lowest BCUT2D eigenvalue weighted by Gasteiger charge is -2.05. The number of carbonyl (C=O) groups is 1. The molecule has 3 rings (SSSR count). The van der Waals surface area contributed by atoms with Crippen molar-refractivity contribution in [1.29, 1.82) is 0 Å². The van der Waals surface area contributed by atoms with Crippen molar-refractivity contribution in [3.8, 4) is 22.6 Å². The smallest absolute Gasteiger partial charge is 0.339 e. The number of esters is 1. The molecule has 1 aliphatic heterocycles. The number of aromatic nitrogens is 1. The van der Waals surface area contributed by atoms with Crippen molar-refractivity contribution >= 4 is 5.97 Å². The molecule has 0 fully saturated rings. The summed E-state index contributed by atoms with van der Waals surface area (Å²) < 4.78 is 15.6. The molecule has 20 heavy (non-hydrogen) atoms. The van der Waals surface area contributed by atoms with E-state index in [2.05, 4.69) is 4.98 Å². The maximum atomic E-state index is 11.7. The minimum Gasteiger partial charge on any atom is -0.462 e. The lowest BCUT2D eigenvalue weighted by atomic mass is 10.1. The molecule has 2 aromatic rings. The van der Waals surface area contributed by atoms with Gasteiger partial charge in [0, 0.05) is 18.0 Å². The van der Waals surface area contributed by atoms with Gasteiger partial charge < -0.3 is 14.2 Å². The maximum absolute atomic E-state index is 11.7. The number of carbonyl (C=O) groups excluding carboxylic acids is 1. The van der Waals surface area contributed by atoms with Crippen LogP contribution in [0.2, 0.25) is 0 Å². The van der Waals surface area contributed by atoms with Gasteiger partial charge in [0.2, 0.25) is 6.79 Å². The lowest BCUT2D eigenvalue weighted by molar-refractivity contribution is 0.0526. The summed E-state index contributed by atoms with van der Waals surface area (Å²) in [6.07, 6.45) is 3.19. The van der Waals surface area contributed by atoms with Gasteiger partial charge in [0.1, 0.15) is 0 Å². The van der Waals surface area contributed by atoms with Crippen LogP contribution >= 0.6 is 0 Å². The van der Waals surface area contributed by atoms with Crippen molar-refractivity contribution in [2.75, 3.05) is 13.4 Å². The van der Waals surface area contributed by atoms with E-state index >= 15 is 0 Å². The van der Waals surface area contributed by atoms with Crippen LogP contribution in [-0.4, -0.2) is 24.4 Å². The van der Waals surface area contributed by atoms with Crippen LogP contribution in [0.3, 0.4) is 0 Å². The Hall–Kier alpha value is -2.56. The Labute approximate surface area is 116 Å². The standard InChI is InChI=1S/C15H13NO4/c1-2-18-15(17)12-5-11(7-16-8-12)10-3-4-13-14(6-10)20-9-19-13/h3-8H,2,9H2,1H3. The van der Waals surface area contributed by atoms with Crippen LogP contribution < -0.4 is 9.47 Å². The largest absolute Gasteiger partial charge is 0.462 e. The fraction of sp³-hybridized carbons (Fsp3) is 0.200. The second-order valence-corrected chi connectivity index (χ2v) is 4.25. The van der Waals surface area contributed by atoms with Crippen LogP contribution in [0, 0.1) is 0 Å². The fourth-order valence-corrected chi connectivity index (χ4v) is 2.00. The topological polar surface area (TPSA) is 57.7 Å². The molecule has 1 aliphatic rings. The summed E-state index contributed by atoms with van der Waals surface area (Å²) in [5.41, 5.74) is 2.17. The maximum Gasteiger partial charge on any atom is 0.339 e. The molecule has 0 unspecified atom stereocenters. The van der Waals surface area contributed by atoms with E-state index in [-0.39, 0.29) is 12.8 Å². The van der Waals surface area contributed by atoms with Gasteiger partial charge in [-0.2, -0.15) is 0 Å². The molecule has 0 N–H and O–H groups in total. The van der Waals surface area contributed by atoms with Gasteiger partial charge in [-0.05, 0) is 30.7 Å². The Morgan fingerprint density at radius 1 is 1.20 bits per heavy atom. The predicted molar refractivity (Wildman–Crippen MR) is 71.8 cm³/mol. The number of nitrogens with zero attached hydrogens (tertiary/aromatic N) is 1. The van der Waals surface area contributed by atoms with Crippen molar-refractivity contribution < 1.29 is 19.0 Å². The van der Waals surface area contributed by atoms with E-state index in [1.54, 1.807) is 19.2 Å². The minimum atomic E-state index is -0.373. The summed E-state index contributed by atoms with van der Waals surface area (Å²) >= 11 is 0. The molecule has 1 aromatic heterocycles. The Bertz CT molecular complexity index is 654. The average molecular weight is 271 g/mol. The van der Waals surface area contributed by atoms with E-state index in [0.717, 1.165) is 16.9 Å². The molecule has 0 spiro atoms. The minimum absolute atomic E-state index is 0.236. The lowest BCUT2D eigenvalue weighted by Crippen LogP contribution is -2.05. The van der Waals surface area contributed by atoms with E-state index in [4.69, 9.17) is 14.2 Å². The van der Waals surface area contributed by atoms with Crippen LogP contribution in [0.1, 0.15) is 17.3 Å². The molecular weight excluding hydrogens is 258 g/mol. The third-order valence-corrected chi connectivity index (χ3v) is 2.96.